The molecule has 0 aliphatic rings. The topological polar surface area (TPSA) is 162 Å². The quantitative estimate of drug-likeness (QED) is 0.175. The number of rotatable bonds is 6. The van der Waals surface area contributed by atoms with Crippen LogP contribution in [0.25, 0.3) is 0 Å². The summed E-state index contributed by atoms with van der Waals surface area (Å²) in [4.78, 5) is 0. The molecule has 8 N–H and O–H groups in total. The van der Waals surface area contributed by atoms with Crippen molar-refractivity contribution in [3.8, 4) is 46.0 Å². The summed E-state index contributed by atoms with van der Waals surface area (Å²) in [6.07, 6.45) is 0.365. The van der Waals surface area contributed by atoms with Crippen molar-refractivity contribution >= 4 is 0 Å². The third-order valence-electron chi connectivity index (χ3n) is 6.39. The minimum Gasteiger partial charge on any atom is -0.507 e. The van der Waals surface area contributed by atoms with E-state index in [0.717, 1.165) is 11.1 Å². The van der Waals surface area contributed by atoms with Crippen LogP contribution in [0.5, 0.6) is 46.0 Å². The van der Waals surface area contributed by atoms with Gasteiger partial charge in [-0.2, -0.15) is 0 Å². The molecule has 0 saturated carbocycles. The number of aromatic hydroxyl groups is 8. The maximum absolute atomic E-state index is 11.0. The molecule has 0 atom stereocenters. The zero-order chi connectivity index (χ0) is 27.0. The summed E-state index contributed by atoms with van der Waals surface area (Å²) in [6, 6.07) is 12.5. The molecule has 8 nitrogen and oxygen atoms in total. The molecule has 0 aliphatic heterocycles. The second-order valence-corrected chi connectivity index (χ2v) is 9.28. The zero-order valence-corrected chi connectivity index (χ0v) is 20.3. The Kier molecular flexibility index (Phi) is 6.68. The van der Waals surface area contributed by atoms with Gasteiger partial charge in [-0.25, -0.2) is 0 Å². The fraction of sp³-hybridized carbons (Fsp3) is 0.172. The van der Waals surface area contributed by atoms with Gasteiger partial charge in [0.2, 0.25) is 11.5 Å². The third kappa shape index (κ3) is 4.99. The molecular weight excluding hydrogens is 476 g/mol. The predicted molar refractivity (Wildman–Crippen MR) is 137 cm³/mol. The number of hydrogen-bond donors (Lipinski definition) is 8. The van der Waals surface area contributed by atoms with Crippen LogP contribution in [0.15, 0.2) is 48.5 Å². The van der Waals surface area contributed by atoms with Crippen molar-refractivity contribution in [1.82, 2.24) is 0 Å². The molecule has 0 aliphatic carbocycles. The van der Waals surface area contributed by atoms with Crippen molar-refractivity contribution < 1.29 is 40.9 Å². The smallest absolute Gasteiger partial charge is 0.200 e. The van der Waals surface area contributed by atoms with Gasteiger partial charge in [0.25, 0.3) is 0 Å². The van der Waals surface area contributed by atoms with E-state index >= 15 is 0 Å². The van der Waals surface area contributed by atoms with Crippen molar-refractivity contribution in [2.24, 2.45) is 0 Å². The normalized spacial score (nSPS) is 11.1. The van der Waals surface area contributed by atoms with E-state index in [1.54, 1.807) is 24.3 Å². The van der Waals surface area contributed by atoms with Crippen molar-refractivity contribution in [1.29, 1.82) is 0 Å². The fourth-order valence-electron chi connectivity index (χ4n) is 4.53. The Bertz CT molecular complexity index is 1390. The standard InChI is InChI=1S/C29H28O8/c1-14-7-18(11-16-3-5-22(30)28(36)26(16)34)24(32)20(9-14)13-21-10-15(2)8-19(25(21)33)12-17-4-6-23(31)29(37)27(17)35/h3-10,30-37H,11-13H2,1-2H3. The molecule has 37 heavy (non-hydrogen) atoms. The summed E-state index contributed by atoms with van der Waals surface area (Å²) >= 11 is 0. The first-order chi connectivity index (χ1) is 17.5. The predicted octanol–water partition coefficient (Wildman–Crippen LogP) is 4.72. The van der Waals surface area contributed by atoms with Gasteiger partial charge in [-0.05, 0) is 48.2 Å². The number of benzene rings is 4. The van der Waals surface area contributed by atoms with Crippen LogP contribution in [0.2, 0.25) is 0 Å². The van der Waals surface area contributed by atoms with E-state index < -0.39 is 34.5 Å². The molecule has 4 aromatic carbocycles. The van der Waals surface area contributed by atoms with Gasteiger partial charge in [-0.3, -0.25) is 0 Å². The highest BCUT2D eigenvalue weighted by molar-refractivity contribution is 5.58. The first-order valence-corrected chi connectivity index (χ1v) is 11.5. The van der Waals surface area contributed by atoms with Gasteiger partial charge in [-0.1, -0.05) is 47.5 Å². The summed E-state index contributed by atoms with van der Waals surface area (Å²) in [6.45, 7) is 3.70. The second-order valence-electron chi connectivity index (χ2n) is 9.28. The average Bonchev–Trinajstić information content (AvgIpc) is 2.85. The van der Waals surface area contributed by atoms with E-state index in [1.807, 2.05) is 13.8 Å². The lowest BCUT2D eigenvalue weighted by Crippen LogP contribution is -1.99. The Morgan fingerprint density at radius 3 is 1.00 bits per heavy atom. The Morgan fingerprint density at radius 1 is 0.378 bits per heavy atom. The van der Waals surface area contributed by atoms with E-state index in [1.165, 1.54) is 24.3 Å². The van der Waals surface area contributed by atoms with Crippen molar-refractivity contribution in [2.45, 2.75) is 33.1 Å². The van der Waals surface area contributed by atoms with Crippen LogP contribution in [0.4, 0.5) is 0 Å². The zero-order valence-electron chi connectivity index (χ0n) is 20.3. The van der Waals surface area contributed by atoms with E-state index in [9.17, 15) is 40.9 Å². The average molecular weight is 505 g/mol. The van der Waals surface area contributed by atoms with E-state index in [2.05, 4.69) is 0 Å². The van der Waals surface area contributed by atoms with Crippen LogP contribution in [0.3, 0.4) is 0 Å². The summed E-state index contributed by atoms with van der Waals surface area (Å²) in [7, 11) is 0. The molecule has 0 fully saturated rings. The van der Waals surface area contributed by atoms with Gasteiger partial charge in [0, 0.05) is 30.4 Å². The van der Waals surface area contributed by atoms with E-state index in [0.29, 0.717) is 33.4 Å². The maximum atomic E-state index is 11.0. The highest BCUT2D eigenvalue weighted by Gasteiger charge is 2.19. The SMILES string of the molecule is Cc1cc(Cc2cc(C)cc(Cc3ccc(O)c(O)c3O)c2O)c(O)c(Cc2ccc(O)c(O)c2O)c1. The number of aryl methyl sites for hydroxylation is 2. The van der Waals surface area contributed by atoms with Gasteiger partial charge in [0.1, 0.15) is 11.5 Å². The molecule has 4 aromatic rings. The summed E-state index contributed by atoms with van der Waals surface area (Å²) < 4.78 is 0. The molecule has 0 unspecified atom stereocenters. The Balaban J connectivity index is 1.69. The molecule has 0 amide bonds. The first-order valence-electron chi connectivity index (χ1n) is 11.5. The van der Waals surface area contributed by atoms with Crippen LogP contribution in [-0.4, -0.2) is 40.9 Å². The van der Waals surface area contributed by atoms with Crippen LogP contribution in [-0.2, 0) is 19.3 Å². The molecule has 4 rings (SSSR count). The van der Waals surface area contributed by atoms with Crippen molar-refractivity contribution in [2.75, 3.05) is 0 Å². The Morgan fingerprint density at radius 2 is 0.676 bits per heavy atom. The first kappa shape index (κ1) is 25.4. The summed E-state index contributed by atoms with van der Waals surface area (Å²) in [5.74, 6) is -3.14. The van der Waals surface area contributed by atoms with Crippen LogP contribution < -0.4 is 0 Å². The largest absolute Gasteiger partial charge is 0.507 e. The highest BCUT2D eigenvalue weighted by atomic mass is 16.3. The lowest BCUT2D eigenvalue weighted by Gasteiger charge is -2.16. The van der Waals surface area contributed by atoms with Gasteiger partial charge >= 0.3 is 0 Å². The summed E-state index contributed by atoms with van der Waals surface area (Å²) in [5.41, 5.74) is 4.37. The third-order valence-corrected chi connectivity index (χ3v) is 6.39. The minimum atomic E-state index is -0.630. The van der Waals surface area contributed by atoms with E-state index in [4.69, 9.17) is 0 Å². The van der Waals surface area contributed by atoms with Crippen LogP contribution >= 0.6 is 0 Å². The van der Waals surface area contributed by atoms with Crippen LogP contribution in [0, 0.1) is 13.8 Å². The van der Waals surface area contributed by atoms with Gasteiger partial charge in [-0.15, -0.1) is 0 Å². The molecule has 0 saturated heterocycles. The lowest BCUT2D eigenvalue weighted by atomic mass is 9.92. The molecule has 8 heteroatoms. The Hall–Kier alpha value is -4.72. The monoisotopic (exact) mass is 504 g/mol. The molecule has 0 radical (unpaired) electrons. The van der Waals surface area contributed by atoms with Gasteiger partial charge < -0.3 is 40.9 Å². The van der Waals surface area contributed by atoms with Gasteiger partial charge in [0.15, 0.2) is 23.0 Å². The van der Waals surface area contributed by atoms with Crippen molar-refractivity contribution in [3.63, 3.8) is 0 Å². The van der Waals surface area contributed by atoms with E-state index in [-0.39, 0.29) is 30.8 Å². The van der Waals surface area contributed by atoms with Crippen molar-refractivity contribution in [3.05, 3.63) is 93.0 Å². The molecule has 0 spiro atoms. The highest BCUT2D eigenvalue weighted by Crippen LogP contribution is 2.41. The molecule has 0 aromatic heterocycles. The summed E-state index contributed by atoms with van der Waals surface area (Å²) in [5, 5.41) is 81.3. The van der Waals surface area contributed by atoms with Gasteiger partial charge in [0.05, 0.1) is 0 Å². The molecule has 0 heterocycles. The number of phenolic OH excluding ortho intramolecular Hbond substituents is 8. The van der Waals surface area contributed by atoms with Crippen LogP contribution in [0.1, 0.15) is 44.5 Å². The second kappa shape index (κ2) is 9.73. The number of hydrogen-bond acceptors (Lipinski definition) is 8. The molecular formula is C29H28O8. The fourth-order valence-corrected chi connectivity index (χ4v) is 4.53. The number of phenols is 8. The molecule has 0 bridgehead atoms. The Labute approximate surface area is 213 Å². The molecule has 192 valence electrons. The minimum absolute atomic E-state index is 0.0267. The lowest BCUT2D eigenvalue weighted by molar-refractivity contribution is 0.365. The maximum Gasteiger partial charge on any atom is 0.200 e.